The number of nitrogens with zero attached hydrogens (tertiary/aromatic N) is 2. The predicted octanol–water partition coefficient (Wildman–Crippen LogP) is 3.30. The molecule has 2 heterocycles. The number of carbonyl (C=O) groups excluding carboxylic acids is 1. The van der Waals surface area contributed by atoms with E-state index in [0.29, 0.717) is 49.6 Å². The summed E-state index contributed by atoms with van der Waals surface area (Å²) < 4.78 is 15.6. The fourth-order valence-electron chi connectivity index (χ4n) is 3.74. The van der Waals surface area contributed by atoms with Crippen LogP contribution in [0, 0.1) is 5.92 Å². The molecule has 0 saturated carbocycles. The highest BCUT2D eigenvalue weighted by Crippen LogP contribution is 2.40. The molecule has 0 bridgehead atoms. The monoisotopic (exact) mass is 477 g/mol. The Balaban J connectivity index is 1.77. The molecule has 168 valence electrons. The molecule has 2 atom stereocenters. The maximum Gasteiger partial charge on any atom is 0.320 e. The number of amides is 2. The second-order valence-electron chi connectivity index (χ2n) is 8.97. The molecule has 1 aromatic rings. The van der Waals surface area contributed by atoms with Gasteiger partial charge in [0.1, 0.15) is 5.75 Å². The first kappa shape index (κ1) is 23.6. The van der Waals surface area contributed by atoms with Crippen LogP contribution in [0.4, 0.5) is 4.79 Å². The Morgan fingerprint density at radius 2 is 1.73 bits per heavy atom. The van der Waals surface area contributed by atoms with Crippen LogP contribution in [0.15, 0.2) is 12.1 Å². The van der Waals surface area contributed by atoms with Gasteiger partial charge in [0.2, 0.25) is 0 Å². The van der Waals surface area contributed by atoms with Gasteiger partial charge in [-0.3, -0.25) is 0 Å². The number of urea groups is 1. The minimum Gasteiger partial charge on any atom is -0.508 e. The number of hydrogen-bond donors (Lipinski definition) is 3. The highest BCUT2D eigenvalue weighted by atomic mass is 35.5. The molecule has 10 heteroatoms. The molecule has 7 nitrogen and oxygen atoms in total. The van der Waals surface area contributed by atoms with Crippen molar-refractivity contribution < 1.29 is 19.2 Å². The van der Waals surface area contributed by atoms with Crippen molar-refractivity contribution in [3.8, 4) is 5.75 Å². The largest absolute Gasteiger partial charge is 0.508 e. The van der Waals surface area contributed by atoms with Gasteiger partial charge >= 0.3 is 6.03 Å². The number of carbonyl (C=O) groups is 1. The number of aromatic hydroxyl groups is 1. The van der Waals surface area contributed by atoms with Gasteiger partial charge < -0.3 is 20.0 Å². The Kier molecular flexibility index (Phi) is 7.24. The third-order valence-corrected chi connectivity index (χ3v) is 7.91. The van der Waals surface area contributed by atoms with Gasteiger partial charge in [-0.2, -0.15) is 0 Å². The van der Waals surface area contributed by atoms with Crippen LogP contribution in [-0.4, -0.2) is 67.3 Å². The number of nitrogens with one attached hydrogen (secondary N) is 1. The SMILES string of the molecule is CC(C)(C)S(=O)NC(c1cc(Cl)c(Cl)cc1O)C1CCN(C(=O)N2CC(O)C2)CC1. The average molecular weight is 478 g/mol. The van der Waals surface area contributed by atoms with E-state index in [-0.39, 0.29) is 22.7 Å². The van der Waals surface area contributed by atoms with E-state index >= 15 is 0 Å². The van der Waals surface area contributed by atoms with Crippen molar-refractivity contribution in [3.63, 3.8) is 0 Å². The molecule has 2 saturated heterocycles. The van der Waals surface area contributed by atoms with Crippen LogP contribution in [0.1, 0.15) is 45.2 Å². The van der Waals surface area contributed by atoms with Gasteiger partial charge in [0.05, 0.1) is 51.0 Å². The Morgan fingerprint density at radius 3 is 2.27 bits per heavy atom. The summed E-state index contributed by atoms with van der Waals surface area (Å²) in [5, 5.41) is 20.5. The quantitative estimate of drug-likeness (QED) is 0.619. The first-order valence-corrected chi connectivity index (χ1v) is 12.0. The molecule has 0 spiro atoms. The fourth-order valence-corrected chi connectivity index (χ4v) is 4.98. The lowest BCUT2D eigenvalue weighted by atomic mass is 9.85. The Bertz CT molecular complexity index is 819. The number of likely N-dealkylation sites (tertiary alicyclic amines) is 2. The highest BCUT2D eigenvalue weighted by molar-refractivity contribution is 7.84. The van der Waals surface area contributed by atoms with Crippen molar-refractivity contribution in [2.45, 2.75) is 50.5 Å². The molecule has 0 aliphatic carbocycles. The lowest BCUT2D eigenvalue weighted by molar-refractivity contribution is 0.0113. The summed E-state index contributed by atoms with van der Waals surface area (Å²) in [4.78, 5) is 15.9. The summed E-state index contributed by atoms with van der Waals surface area (Å²) in [6, 6.07) is 2.57. The smallest absolute Gasteiger partial charge is 0.320 e. The maximum atomic E-state index is 12.9. The zero-order valence-electron chi connectivity index (χ0n) is 17.4. The van der Waals surface area contributed by atoms with Crippen molar-refractivity contribution in [3.05, 3.63) is 27.7 Å². The number of halogens is 2. The van der Waals surface area contributed by atoms with E-state index in [1.807, 2.05) is 20.8 Å². The lowest BCUT2D eigenvalue weighted by Crippen LogP contribution is -2.58. The van der Waals surface area contributed by atoms with E-state index in [1.54, 1.807) is 15.9 Å². The number of hydrogen-bond acceptors (Lipinski definition) is 4. The number of piperidine rings is 1. The van der Waals surface area contributed by atoms with Crippen molar-refractivity contribution in [1.82, 2.24) is 14.5 Å². The van der Waals surface area contributed by atoms with E-state index in [0.717, 1.165) is 0 Å². The molecule has 2 amide bonds. The second kappa shape index (κ2) is 9.20. The fraction of sp³-hybridized carbons (Fsp3) is 0.650. The summed E-state index contributed by atoms with van der Waals surface area (Å²) in [6.07, 6.45) is 0.937. The third-order valence-electron chi connectivity index (χ3n) is 5.61. The van der Waals surface area contributed by atoms with Crippen LogP contribution in [0.25, 0.3) is 0 Å². The number of benzene rings is 1. The molecule has 0 aromatic heterocycles. The van der Waals surface area contributed by atoms with Crippen LogP contribution in [-0.2, 0) is 11.0 Å². The lowest BCUT2D eigenvalue weighted by Gasteiger charge is -2.42. The molecule has 2 unspecified atom stereocenters. The first-order chi connectivity index (χ1) is 14.0. The van der Waals surface area contributed by atoms with Gasteiger partial charge in [-0.25, -0.2) is 13.7 Å². The molecular formula is C20H29Cl2N3O4S. The van der Waals surface area contributed by atoms with Crippen molar-refractivity contribution in [2.75, 3.05) is 26.2 Å². The number of aliphatic hydroxyl groups is 1. The van der Waals surface area contributed by atoms with Crippen LogP contribution >= 0.6 is 23.2 Å². The van der Waals surface area contributed by atoms with Crippen LogP contribution in [0.3, 0.4) is 0 Å². The number of rotatable bonds is 4. The Labute approximate surface area is 189 Å². The van der Waals surface area contributed by atoms with Crippen molar-refractivity contribution >= 4 is 40.2 Å². The molecule has 2 fully saturated rings. The Morgan fingerprint density at radius 1 is 1.17 bits per heavy atom. The van der Waals surface area contributed by atoms with Gasteiger partial charge in [-0.05, 0) is 45.6 Å². The standard InChI is InChI=1S/C20H29Cl2N3O4S/c1-20(2,3)30(29)23-18(14-8-15(21)16(22)9-17(14)27)12-4-6-24(7-5-12)19(28)25-10-13(26)11-25/h8-9,12-13,18,23,26-27H,4-7,10-11H2,1-3H3. The van der Waals surface area contributed by atoms with E-state index in [2.05, 4.69) is 4.72 Å². The summed E-state index contributed by atoms with van der Waals surface area (Å²) in [5.74, 6) is 0.0476. The number of phenols is 1. The minimum absolute atomic E-state index is 0.000817. The summed E-state index contributed by atoms with van der Waals surface area (Å²) in [5.41, 5.74) is 0.553. The molecule has 2 aliphatic rings. The van der Waals surface area contributed by atoms with E-state index in [4.69, 9.17) is 23.2 Å². The third kappa shape index (κ3) is 5.22. The van der Waals surface area contributed by atoms with Crippen LogP contribution in [0.2, 0.25) is 10.0 Å². The minimum atomic E-state index is -1.36. The zero-order chi connectivity index (χ0) is 22.2. The van der Waals surface area contributed by atoms with E-state index in [9.17, 15) is 19.2 Å². The second-order valence-corrected chi connectivity index (χ2v) is 11.8. The molecular weight excluding hydrogens is 449 g/mol. The van der Waals surface area contributed by atoms with Gasteiger partial charge in [-0.15, -0.1) is 0 Å². The average Bonchev–Trinajstić information content (AvgIpc) is 2.65. The highest BCUT2D eigenvalue weighted by Gasteiger charge is 2.37. The van der Waals surface area contributed by atoms with Gasteiger partial charge in [0.15, 0.2) is 0 Å². The normalized spacial score (nSPS) is 20.7. The molecule has 3 rings (SSSR count). The molecule has 3 N–H and O–H groups in total. The number of phenolic OH excluding ortho intramolecular Hbond substituents is 1. The van der Waals surface area contributed by atoms with E-state index in [1.165, 1.54) is 6.07 Å². The first-order valence-electron chi connectivity index (χ1n) is 10.0. The zero-order valence-corrected chi connectivity index (χ0v) is 19.7. The topological polar surface area (TPSA) is 93.1 Å². The van der Waals surface area contributed by atoms with Gasteiger partial charge in [0, 0.05) is 24.7 Å². The molecule has 0 radical (unpaired) electrons. The number of β-amino-alcohol motifs (C(OH)–C–C–N with tert-alkyl or cyclic N) is 1. The molecule has 30 heavy (non-hydrogen) atoms. The summed E-state index contributed by atoms with van der Waals surface area (Å²) >= 11 is 12.2. The van der Waals surface area contributed by atoms with Crippen molar-refractivity contribution in [2.24, 2.45) is 5.92 Å². The molecule has 1 aromatic carbocycles. The van der Waals surface area contributed by atoms with Crippen LogP contribution < -0.4 is 4.72 Å². The van der Waals surface area contributed by atoms with Gasteiger partial charge in [0.25, 0.3) is 0 Å². The predicted molar refractivity (Wildman–Crippen MR) is 119 cm³/mol. The Hall–Kier alpha value is -1.06. The molecule has 2 aliphatic heterocycles. The van der Waals surface area contributed by atoms with E-state index < -0.39 is 27.9 Å². The van der Waals surface area contributed by atoms with Gasteiger partial charge in [-0.1, -0.05) is 23.2 Å². The summed E-state index contributed by atoms with van der Waals surface area (Å²) in [7, 11) is -1.36. The van der Waals surface area contributed by atoms with Crippen molar-refractivity contribution in [1.29, 1.82) is 0 Å². The maximum absolute atomic E-state index is 12.9. The number of aliphatic hydroxyl groups excluding tert-OH is 1. The van der Waals surface area contributed by atoms with Crippen LogP contribution in [0.5, 0.6) is 5.75 Å². The summed E-state index contributed by atoms with van der Waals surface area (Å²) in [6.45, 7) is 7.51.